The van der Waals surface area contributed by atoms with Gasteiger partial charge in [-0.3, -0.25) is 14.4 Å². The third-order valence-corrected chi connectivity index (χ3v) is 23.3. The molecule has 1 aliphatic carbocycles. The smallest absolute Gasteiger partial charge is 0.657 e. The van der Waals surface area contributed by atoms with Crippen LogP contribution in [0.25, 0.3) is 204 Å². The van der Waals surface area contributed by atoms with Crippen LogP contribution >= 0.6 is 35.3 Å². The number of aromatic nitrogens is 8. The maximum absolute atomic E-state index is 11.9. The molecule has 0 atom stereocenters. The number of carbonyl (C=O) groups excluding carboxylic acids is 3. The van der Waals surface area contributed by atoms with Gasteiger partial charge in [-0.1, -0.05) is 248 Å². The van der Waals surface area contributed by atoms with Crippen LogP contribution in [0.4, 0.5) is 0 Å². The van der Waals surface area contributed by atoms with Gasteiger partial charge in [0.25, 0.3) is 0 Å². The SMILES string of the molecule is CC(=O)SCCOc1ccc(-c2c3nc(c(-c4ccc(OCCSC(C)=O)cc4)c4ccc([n-]4)c(-c4cccc5c4-c4c-5cccc4-c4c5nc(c(-c6ccccc6)c6ccc([n-]6)c(-c6ccccc6)c6nc(c(-c7ccccc7)c7ccc4[n-]7)C=C6)C=C5)c4nc(c(-c5ccc(OCCSC(C)=O)cc5)c5ccc2[n-]5)C=C4)C=C3)cc1.[Co+2].[Co+2]. The fourth-order valence-corrected chi connectivity index (χ4v) is 17.3. The van der Waals surface area contributed by atoms with E-state index >= 15 is 0 Å². The molecule has 0 spiro atoms. The van der Waals surface area contributed by atoms with E-state index in [9.17, 15) is 14.4 Å². The summed E-state index contributed by atoms with van der Waals surface area (Å²) in [6, 6.07) is 84.8. The zero-order chi connectivity index (χ0) is 79.0. The summed E-state index contributed by atoms with van der Waals surface area (Å²) >= 11 is 3.70. The van der Waals surface area contributed by atoms with Crippen molar-refractivity contribution in [1.29, 1.82) is 0 Å². The maximum Gasteiger partial charge on any atom is 2.00 e. The van der Waals surface area contributed by atoms with E-state index in [0.717, 1.165) is 156 Å². The molecule has 10 heterocycles. The number of thioether (sulfide) groups is 3. The standard InChI is InChI=1S/C100H70N8O6S3.2Co/c1-59(109)115-56-53-112-68-31-25-65(26-32-68)94-81-41-43-83(103-81)95(66-27-33-69(34-28-66)113-54-57-116-60(2)110)85-47-51-89(107-85)100(90-52-48-86(108-90)96(84-44-42-82(94)104-84)67-29-35-70(36-30-67)114-55-58-117-61(3)111)74-24-14-22-72-71-21-13-23-73(97(71)98(72)74)99-87-49-45-79(105-87)92(63-17-9-5-10-18-63)77-39-37-75(101-77)91(62-15-7-4-8-16-62)76-38-40-78(102-76)93(64-19-11-6-12-20-64)80-46-50-88(99)106-80;;/h4-52H,53-58H2,1-3H3;;/q-4;2*+2. The van der Waals surface area contributed by atoms with Gasteiger partial charge in [0.05, 0.1) is 65.4 Å². The Morgan fingerprint density at radius 2 is 0.454 bits per heavy atom. The van der Waals surface area contributed by atoms with Gasteiger partial charge >= 0.3 is 33.6 Å². The molecule has 8 aromatic carbocycles. The van der Waals surface area contributed by atoms with Crippen molar-refractivity contribution >= 4 is 143 Å². The van der Waals surface area contributed by atoms with E-state index in [2.05, 4.69) is 182 Å². The summed E-state index contributed by atoms with van der Waals surface area (Å²) < 4.78 is 18.6. The van der Waals surface area contributed by atoms with Crippen LogP contribution in [-0.2, 0) is 47.9 Å². The number of ether oxygens (including phenoxy) is 3. The number of hydrogen-bond acceptors (Lipinski definition) is 13. The summed E-state index contributed by atoms with van der Waals surface area (Å²) in [7, 11) is 0. The monoisotopic (exact) mass is 1690 g/mol. The van der Waals surface area contributed by atoms with Crippen molar-refractivity contribution in [1.82, 2.24) is 39.9 Å². The molecule has 0 unspecified atom stereocenters. The van der Waals surface area contributed by atoms with Crippen molar-refractivity contribution in [2.45, 2.75) is 20.8 Å². The van der Waals surface area contributed by atoms with Gasteiger partial charge in [-0.05, 0) is 196 Å². The predicted octanol–water partition coefficient (Wildman–Crippen LogP) is 23.1. The molecule has 16 bridgehead atoms. The van der Waals surface area contributed by atoms with Crippen LogP contribution in [0.2, 0.25) is 0 Å². The Morgan fingerprint density at radius 1 is 0.244 bits per heavy atom. The zero-order valence-corrected chi connectivity index (χ0v) is 69.0. The van der Waals surface area contributed by atoms with E-state index in [4.69, 9.17) is 54.1 Å². The van der Waals surface area contributed by atoms with Crippen molar-refractivity contribution < 1.29 is 62.2 Å². The zero-order valence-electron chi connectivity index (χ0n) is 64.5. The minimum atomic E-state index is 0. The fraction of sp³-hybridized carbons (Fsp3) is 0.0900. The quantitative estimate of drug-likeness (QED) is 0.0655. The number of hydrogen-bond donors (Lipinski definition) is 0. The molecule has 0 amide bonds. The number of nitrogens with zero attached hydrogens (tertiary/aromatic N) is 8. The maximum atomic E-state index is 11.9. The number of carbonyl (C=O) groups is 3. The molecule has 5 aliphatic rings. The Hall–Kier alpha value is -12.6. The Bertz CT molecular complexity index is 6750. The molecule has 14 nitrogen and oxygen atoms in total. The van der Waals surface area contributed by atoms with E-state index in [1.165, 1.54) is 35.3 Å². The first-order valence-corrected chi connectivity index (χ1v) is 41.6. The van der Waals surface area contributed by atoms with Crippen LogP contribution in [0.3, 0.4) is 0 Å². The van der Waals surface area contributed by atoms with E-state index in [1.54, 1.807) is 20.8 Å². The molecular formula is C100H70Co2N8O6S3. The molecule has 582 valence electrons. The fourth-order valence-electron chi connectivity index (χ4n) is 16.0. The van der Waals surface area contributed by atoms with Crippen LogP contribution in [0.1, 0.15) is 66.3 Å². The first kappa shape index (κ1) is 78.9. The Labute approximate surface area is 720 Å². The van der Waals surface area contributed by atoms with Crippen LogP contribution < -0.4 is 34.1 Å². The van der Waals surface area contributed by atoms with E-state index in [-0.39, 0.29) is 48.9 Å². The molecule has 0 saturated carbocycles. The number of rotatable bonds is 20. The normalized spacial score (nSPS) is 12.0. The van der Waals surface area contributed by atoms with Gasteiger partial charge in [-0.15, -0.1) is 44.1 Å². The third kappa shape index (κ3) is 15.9. The van der Waals surface area contributed by atoms with E-state index in [1.807, 2.05) is 115 Å². The van der Waals surface area contributed by atoms with Crippen LogP contribution in [-0.4, -0.2) is 72.4 Å². The van der Waals surface area contributed by atoms with Crippen LogP contribution in [0.15, 0.2) is 249 Å². The Kier molecular flexibility index (Phi) is 22.9. The summed E-state index contributed by atoms with van der Waals surface area (Å²) in [5.41, 5.74) is 29.8. The van der Waals surface area contributed by atoms with Gasteiger partial charge in [0.15, 0.2) is 15.3 Å². The summed E-state index contributed by atoms with van der Waals surface area (Å²) in [5.74, 6) is 3.55. The molecule has 14 aromatic rings. The predicted molar refractivity (Wildman–Crippen MR) is 481 cm³/mol. The molecule has 0 saturated heterocycles. The van der Waals surface area contributed by atoms with Crippen molar-refractivity contribution in [2.24, 2.45) is 0 Å². The molecule has 0 N–H and O–H groups in total. The van der Waals surface area contributed by atoms with Gasteiger partial charge in [0.1, 0.15) is 17.2 Å². The molecule has 19 rings (SSSR count). The number of benzene rings is 8. The second kappa shape index (κ2) is 34.5. The van der Waals surface area contributed by atoms with Crippen molar-refractivity contribution in [3.8, 4) is 129 Å². The summed E-state index contributed by atoms with van der Waals surface area (Å²) in [5, 5.41) is 0.111. The Morgan fingerprint density at radius 3 is 0.689 bits per heavy atom. The average Bonchev–Trinajstić information content (AvgIpc) is 1.59. The minimum Gasteiger partial charge on any atom is -0.657 e. The summed E-state index contributed by atoms with van der Waals surface area (Å²) in [6.07, 6.45) is 16.7. The molecule has 19 heteroatoms. The van der Waals surface area contributed by atoms with Gasteiger partial charge < -0.3 is 34.1 Å². The average molecular weight is 1690 g/mol. The van der Waals surface area contributed by atoms with E-state index < -0.39 is 0 Å². The van der Waals surface area contributed by atoms with Gasteiger partial charge in [-0.25, -0.2) is 19.9 Å². The molecule has 119 heavy (non-hydrogen) atoms. The molecule has 4 aliphatic heterocycles. The van der Waals surface area contributed by atoms with Crippen molar-refractivity contribution in [2.75, 3.05) is 37.1 Å². The number of fused-ring (bicyclic) bond motifs is 20. The summed E-state index contributed by atoms with van der Waals surface area (Å²) in [6.45, 7) is 5.76. The first-order valence-electron chi connectivity index (χ1n) is 38.6. The van der Waals surface area contributed by atoms with Crippen molar-refractivity contribution in [3.63, 3.8) is 0 Å². The van der Waals surface area contributed by atoms with Crippen LogP contribution in [0.5, 0.6) is 17.2 Å². The third-order valence-electron chi connectivity index (χ3n) is 21.0. The largest absolute Gasteiger partial charge is 2.00 e. The summed E-state index contributed by atoms with van der Waals surface area (Å²) in [4.78, 5) is 81.0. The first-order chi connectivity index (χ1) is 57.5. The van der Waals surface area contributed by atoms with Gasteiger partial charge in [-0.2, -0.15) is 0 Å². The Balaban J connectivity index is 0.00000506. The van der Waals surface area contributed by atoms with Crippen molar-refractivity contribution in [3.05, 3.63) is 294 Å². The topological polar surface area (TPSA) is 187 Å². The molecule has 2 radical (unpaired) electrons. The minimum absolute atomic E-state index is 0. The second-order valence-corrected chi connectivity index (χ2v) is 32.2. The molecule has 6 aromatic heterocycles. The van der Waals surface area contributed by atoms with E-state index in [0.29, 0.717) is 99.2 Å². The van der Waals surface area contributed by atoms with Gasteiger partial charge in [0.2, 0.25) is 0 Å². The second-order valence-electron chi connectivity index (χ2n) is 28.4. The molecule has 0 fully saturated rings. The van der Waals surface area contributed by atoms with Crippen LogP contribution in [0, 0.1) is 0 Å². The molecular weight excluding hydrogens is 1620 g/mol. The van der Waals surface area contributed by atoms with Gasteiger partial charge in [0, 0.05) is 38.0 Å².